The van der Waals surface area contributed by atoms with Crippen LogP contribution in [0.2, 0.25) is 0 Å². The summed E-state index contributed by atoms with van der Waals surface area (Å²) in [5.41, 5.74) is 0.941. The molecule has 27 heavy (non-hydrogen) atoms. The lowest BCUT2D eigenvalue weighted by molar-refractivity contribution is -0.130. The number of oxazole rings is 1. The van der Waals surface area contributed by atoms with Gasteiger partial charge in [0.05, 0.1) is 12.5 Å². The number of hydrogen-bond donors (Lipinski definition) is 1. The van der Waals surface area contributed by atoms with Crippen molar-refractivity contribution in [3.8, 4) is 0 Å². The number of hydrogen-bond acceptors (Lipinski definition) is 6. The molecule has 8 heteroatoms. The number of amides is 2. The zero-order chi connectivity index (χ0) is 19.6. The van der Waals surface area contributed by atoms with Gasteiger partial charge in [0.25, 0.3) is 0 Å². The highest BCUT2D eigenvalue weighted by atomic mass is 19.1. The van der Waals surface area contributed by atoms with Crippen molar-refractivity contribution in [2.45, 2.75) is 38.5 Å². The Balaban J connectivity index is 1.68. The van der Waals surface area contributed by atoms with Gasteiger partial charge in [-0.25, -0.2) is 19.1 Å². The number of aliphatic hydroxyl groups excluding tert-OH is 1. The molecular weight excluding hydrogens is 355 g/mol. The molecule has 1 aliphatic rings. The average molecular weight is 374 g/mol. The number of carbonyl (C=O) groups excluding carboxylic acids is 2. The van der Waals surface area contributed by atoms with E-state index in [2.05, 4.69) is 4.98 Å². The Morgan fingerprint density at radius 1 is 1.41 bits per heavy atom. The van der Waals surface area contributed by atoms with Gasteiger partial charge in [0.15, 0.2) is 5.89 Å². The lowest BCUT2D eigenvalue weighted by atomic mass is 10.0. The summed E-state index contributed by atoms with van der Waals surface area (Å²) in [6.07, 6.45) is -1.52. The first-order valence-electron chi connectivity index (χ1n) is 8.41. The third-order valence-electron chi connectivity index (χ3n) is 4.28. The number of aliphatic hydroxyl groups is 1. The molecule has 0 bridgehead atoms. The van der Waals surface area contributed by atoms with E-state index in [-0.39, 0.29) is 5.69 Å². The molecule has 0 saturated carbocycles. The van der Waals surface area contributed by atoms with Gasteiger partial charge < -0.3 is 14.3 Å². The maximum Gasteiger partial charge on any atom is 0.417 e. The van der Waals surface area contributed by atoms with Crippen LogP contribution in [0.3, 0.4) is 0 Å². The highest BCUT2D eigenvalue weighted by molar-refractivity contribution is 5.94. The highest BCUT2D eigenvalue weighted by Gasteiger charge is 2.43. The van der Waals surface area contributed by atoms with E-state index < -0.39 is 42.5 Å². The van der Waals surface area contributed by atoms with E-state index in [4.69, 9.17) is 9.15 Å². The van der Waals surface area contributed by atoms with Crippen LogP contribution >= 0.6 is 0 Å². The number of ether oxygens (including phenoxy) is 1. The number of aromatic nitrogens is 1. The normalized spacial score (nSPS) is 21.3. The first-order chi connectivity index (χ1) is 12.9. The molecule has 1 fully saturated rings. The average Bonchev–Trinajstić information content (AvgIpc) is 3.17. The van der Waals surface area contributed by atoms with E-state index in [1.54, 1.807) is 38.1 Å². The van der Waals surface area contributed by atoms with Crippen molar-refractivity contribution in [3.05, 3.63) is 59.6 Å². The number of cyclic esters (lactones) is 1. The van der Waals surface area contributed by atoms with Gasteiger partial charge in [-0.15, -0.1) is 0 Å². The minimum atomic E-state index is -1.70. The van der Waals surface area contributed by atoms with E-state index in [0.717, 1.165) is 16.5 Å². The number of benzene rings is 1. The van der Waals surface area contributed by atoms with E-state index in [9.17, 15) is 19.1 Å². The zero-order valence-electron chi connectivity index (χ0n) is 14.8. The maximum atomic E-state index is 14.1. The van der Waals surface area contributed by atoms with E-state index in [1.807, 2.05) is 6.07 Å². The summed E-state index contributed by atoms with van der Waals surface area (Å²) in [5, 5.41) is 9.97. The Morgan fingerprint density at radius 3 is 2.74 bits per heavy atom. The van der Waals surface area contributed by atoms with Crippen LogP contribution in [0.1, 0.15) is 36.6 Å². The Morgan fingerprint density at radius 2 is 2.11 bits per heavy atom. The Labute approximate surface area is 155 Å². The van der Waals surface area contributed by atoms with E-state index in [0.29, 0.717) is 5.89 Å². The molecule has 1 unspecified atom stereocenters. The smallest absolute Gasteiger partial charge is 0.417 e. The molecule has 7 nitrogen and oxygen atoms in total. The van der Waals surface area contributed by atoms with Crippen molar-refractivity contribution in [2.24, 2.45) is 0 Å². The largest absolute Gasteiger partial charge is 0.449 e. The van der Waals surface area contributed by atoms with E-state index >= 15 is 0 Å². The predicted octanol–water partition coefficient (Wildman–Crippen LogP) is 3.15. The van der Waals surface area contributed by atoms with Gasteiger partial charge in [0.2, 0.25) is 5.91 Å². The van der Waals surface area contributed by atoms with Crippen LogP contribution < -0.4 is 0 Å². The van der Waals surface area contributed by atoms with Crippen molar-refractivity contribution >= 4 is 18.1 Å². The number of halogens is 1. The van der Waals surface area contributed by atoms with Crippen molar-refractivity contribution in [1.82, 2.24) is 9.88 Å². The number of nitrogens with zero attached hydrogens (tertiary/aromatic N) is 2. The molecule has 0 spiro atoms. The Kier molecular flexibility index (Phi) is 5.36. The summed E-state index contributed by atoms with van der Waals surface area (Å²) < 4.78 is 24.4. The second kappa shape index (κ2) is 7.71. The summed E-state index contributed by atoms with van der Waals surface area (Å²) >= 11 is 0. The molecule has 0 radical (unpaired) electrons. The molecule has 2 aromatic rings. The fourth-order valence-electron chi connectivity index (χ4n) is 2.93. The maximum absolute atomic E-state index is 14.1. The van der Waals surface area contributed by atoms with Gasteiger partial charge in [-0.3, -0.25) is 4.79 Å². The lowest BCUT2D eigenvalue weighted by Crippen LogP contribution is -2.39. The number of rotatable bonds is 5. The molecular formula is C19H19FN2O5. The fraction of sp³-hybridized carbons (Fsp3) is 0.316. The third-order valence-corrected chi connectivity index (χ3v) is 4.28. The molecule has 1 aromatic carbocycles. The van der Waals surface area contributed by atoms with Crippen molar-refractivity contribution < 1.29 is 28.2 Å². The number of imide groups is 1. The number of carbonyl (C=O) groups is 2. The molecule has 142 valence electrons. The Hall–Kier alpha value is -3.00. The van der Waals surface area contributed by atoms with Crippen LogP contribution in [0.5, 0.6) is 0 Å². The Bertz CT molecular complexity index is 864. The topological polar surface area (TPSA) is 92.9 Å². The van der Waals surface area contributed by atoms with Crippen LogP contribution in [-0.4, -0.2) is 39.1 Å². The zero-order valence-corrected chi connectivity index (χ0v) is 14.8. The first-order valence-corrected chi connectivity index (χ1v) is 8.41. The number of aryl methyl sites for hydroxylation is 1. The van der Waals surface area contributed by atoms with Crippen molar-refractivity contribution in [1.29, 1.82) is 0 Å². The van der Waals surface area contributed by atoms with Gasteiger partial charge in [-0.05, 0) is 12.5 Å². The monoisotopic (exact) mass is 374 g/mol. The second-order valence-corrected chi connectivity index (χ2v) is 6.26. The molecule has 1 aromatic heterocycles. The van der Waals surface area contributed by atoms with E-state index in [1.165, 1.54) is 6.26 Å². The minimum Gasteiger partial charge on any atom is -0.449 e. The van der Waals surface area contributed by atoms with Gasteiger partial charge in [0, 0.05) is 13.0 Å². The summed E-state index contributed by atoms with van der Waals surface area (Å²) in [6.45, 7) is 3.26. The van der Waals surface area contributed by atoms with Gasteiger partial charge in [-0.1, -0.05) is 30.3 Å². The quantitative estimate of drug-likeness (QED) is 0.864. The SMILES string of the molecule is Cc1nc(C=C(F)C(O)CC(=O)N2C(=O)O[C@H](c3ccccc3)[C@@H]2C)co1. The van der Waals surface area contributed by atoms with Gasteiger partial charge >= 0.3 is 6.09 Å². The molecule has 1 N–H and O–H groups in total. The predicted molar refractivity (Wildman–Crippen MR) is 92.9 cm³/mol. The van der Waals surface area contributed by atoms with Crippen LogP contribution in [-0.2, 0) is 9.53 Å². The molecule has 2 heterocycles. The molecule has 3 rings (SSSR count). The van der Waals surface area contributed by atoms with Crippen LogP contribution in [0.4, 0.5) is 9.18 Å². The summed E-state index contributed by atoms with van der Waals surface area (Å²) in [7, 11) is 0. The third kappa shape index (κ3) is 4.06. The summed E-state index contributed by atoms with van der Waals surface area (Å²) in [5.74, 6) is -1.32. The minimum absolute atomic E-state index is 0.189. The van der Waals surface area contributed by atoms with Gasteiger partial charge in [0.1, 0.15) is 30.0 Å². The lowest BCUT2D eigenvalue weighted by Gasteiger charge is -2.20. The first kappa shape index (κ1) is 18.8. The highest BCUT2D eigenvalue weighted by Crippen LogP contribution is 2.33. The molecule has 2 amide bonds. The summed E-state index contributed by atoms with van der Waals surface area (Å²) in [6, 6.07) is 8.44. The van der Waals surface area contributed by atoms with Crippen molar-refractivity contribution in [3.63, 3.8) is 0 Å². The summed E-state index contributed by atoms with van der Waals surface area (Å²) in [4.78, 5) is 29.4. The van der Waals surface area contributed by atoms with Gasteiger partial charge in [-0.2, -0.15) is 0 Å². The van der Waals surface area contributed by atoms with Crippen LogP contribution in [0.15, 0.2) is 46.8 Å². The molecule has 1 aliphatic heterocycles. The molecule has 0 aliphatic carbocycles. The van der Waals surface area contributed by atoms with Crippen molar-refractivity contribution in [2.75, 3.05) is 0 Å². The standard InChI is InChI=1S/C19H19FN2O5/c1-11-18(13-6-4-3-5-7-13)27-19(25)22(11)17(24)9-16(23)15(20)8-14-10-26-12(2)21-14/h3-8,10-11,16,18,23H,9H2,1-2H3/t11-,16?,18-/m0/s1. The molecule has 3 atom stereocenters. The molecule has 1 saturated heterocycles. The van der Waals surface area contributed by atoms with Crippen LogP contribution in [0, 0.1) is 6.92 Å². The van der Waals surface area contributed by atoms with Crippen LogP contribution in [0.25, 0.3) is 6.08 Å². The second-order valence-electron chi connectivity index (χ2n) is 6.26. The fourth-order valence-corrected chi connectivity index (χ4v) is 2.93.